The molecular weight excluding hydrogens is 210 g/mol. The van der Waals surface area contributed by atoms with Crippen LogP contribution in [0.2, 0.25) is 0 Å². The van der Waals surface area contributed by atoms with Crippen molar-refractivity contribution in [2.75, 3.05) is 12.4 Å². The zero-order valence-corrected chi connectivity index (χ0v) is 8.82. The lowest BCUT2D eigenvalue weighted by Gasteiger charge is -2.11. The molecule has 0 aromatic carbocycles. The largest absolute Gasteiger partial charge is 0.471 e. The fourth-order valence-electron chi connectivity index (χ4n) is 0.990. The number of thiocarbonyl (C=S) groups is 1. The summed E-state index contributed by atoms with van der Waals surface area (Å²) < 4.78 is 26.9. The van der Waals surface area contributed by atoms with Crippen molar-refractivity contribution in [2.45, 2.75) is 13.0 Å². The van der Waals surface area contributed by atoms with Crippen LogP contribution >= 0.6 is 12.2 Å². The Hall–Kier alpha value is -0.620. The molecule has 13 heavy (non-hydrogen) atoms. The molecule has 0 aliphatic carbocycles. The molecule has 0 bridgehead atoms. The van der Waals surface area contributed by atoms with Gasteiger partial charge in [0.15, 0.2) is 9.84 Å². The van der Waals surface area contributed by atoms with Crippen LogP contribution in [-0.2, 0) is 14.6 Å². The molecule has 0 saturated heterocycles. The van der Waals surface area contributed by atoms with Crippen molar-refractivity contribution >= 4 is 27.2 Å². The van der Waals surface area contributed by atoms with Crippen molar-refractivity contribution in [3.05, 3.63) is 11.5 Å². The molecule has 0 fully saturated rings. The van der Waals surface area contributed by atoms with Crippen molar-refractivity contribution < 1.29 is 13.2 Å². The topological polar surface area (TPSA) is 55.4 Å². The number of ether oxygens (including phenoxy) is 1. The maximum absolute atomic E-state index is 11.0. The molecule has 0 spiro atoms. The Balaban J connectivity index is 2.42. The summed E-state index contributed by atoms with van der Waals surface area (Å²) >= 11 is 4.80. The van der Waals surface area contributed by atoms with E-state index in [1.54, 1.807) is 6.08 Å². The Morgan fingerprint density at radius 2 is 2.46 bits per heavy atom. The molecule has 1 aliphatic rings. The maximum atomic E-state index is 11.0. The highest BCUT2D eigenvalue weighted by molar-refractivity contribution is 7.94. The molecule has 74 valence electrons. The van der Waals surface area contributed by atoms with Crippen LogP contribution in [0.1, 0.15) is 6.92 Å². The van der Waals surface area contributed by atoms with E-state index in [-0.39, 0.29) is 17.0 Å². The highest BCUT2D eigenvalue weighted by atomic mass is 32.2. The zero-order valence-electron chi connectivity index (χ0n) is 7.19. The molecule has 4 nitrogen and oxygen atoms in total. The van der Waals surface area contributed by atoms with E-state index in [2.05, 4.69) is 5.32 Å². The summed E-state index contributed by atoms with van der Waals surface area (Å²) in [6.07, 6.45) is 1.57. The molecular formula is C7H11NO3S2. The van der Waals surface area contributed by atoms with Crippen LogP contribution < -0.4 is 5.32 Å². The van der Waals surface area contributed by atoms with E-state index in [0.29, 0.717) is 6.61 Å². The fraction of sp³-hybridized carbons (Fsp3) is 0.571. The van der Waals surface area contributed by atoms with Crippen LogP contribution in [0.3, 0.4) is 0 Å². The Morgan fingerprint density at radius 3 is 2.92 bits per heavy atom. The van der Waals surface area contributed by atoms with E-state index in [1.165, 1.54) is 5.41 Å². The van der Waals surface area contributed by atoms with Gasteiger partial charge in [-0.1, -0.05) is 0 Å². The molecule has 0 aromatic rings. The van der Waals surface area contributed by atoms with Gasteiger partial charge in [0.05, 0.1) is 18.4 Å². The highest BCUT2D eigenvalue weighted by Gasteiger charge is 2.22. The predicted octanol–water partition coefficient (Wildman–Crippen LogP) is 0.208. The second-order valence-corrected chi connectivity index (χ2v) is 4.93. The van der Waals surface area contributed by atoms with E-state index >= 15 is 0 Å². The number of hydrogen-bond acceptors (Lipinski definition) is 4. The Labute approximate surface area is 82.9 Å². The molecule has 0 saturated carbocycles. The number of sulfone groups is 1. The van der Waals surface area contributed by atoms with Crippen LogP contribution in [0.4, 0.5) is 0 Å². The van der Waals surface area contributed by atoms with Gasteiger partial charge >= 0.3 is 0 Å². The first-order valence-electron chi connectivity index (χ1n) is 3.88. The average molecular weight is 221 g/mol. The normalized spacial score (nSPS) is 24.2. The summed E-state index contributed by atoms with van der Waals surface area (Å²) in [5, 5.41) is 4.22. The number of rotatable bonds is 2. The number of nitrogens with one attached hydrogen (secondary N) is 1. The minimum absolute atomic E-state index is 0.0558. The van der Waals surface area contributed by atoms with Crippen molar-refractivity contribution in [3.63, 3.8) is 0 Å². The van der Waals surface area contributed by atoms with E-state index in [0.717, 1.165) is 0 Å². The van der Waals surface area contributed by atoms with Crippen LogP contribution in [-0.4, -0.2) is 32.0 Å². The lowest BCUT2D eigenvalue weighted by Crippen LogP contribution is -2.35. The van der Waals surface area contributed by atoms with E-state index < -0.39 is 9.84 Å². The van der Waals surface area contributed by atoms with Crippen LogP contribution in [0.15, 0.2) is 11.5 Å². The molecule has 1 atom stereocenters. The fourth-order valence-corrected chi connectivity index (χ4v) is 2.49. The molecule has 1 aliphatic heterocycles. The molecule has 0 amide bonds. The van der Waals surface area contributed by atoms with Crippen LogP contribution in [0.25, 0.3) is 0 Å². The average Bonchev–Trinajstić information content (AvgIpc) is 2.30. The van der Waals surface area contributed by atoms with Gasteiger partial charge in [-0.05, 0) is 25.2 Å². The van der Waals surface area contributed by atoms with Gasteiger partial charge < -0.3 is 10.1 Å². The molecule has 0 radical (unpaired) electrons. The summed E-state index contributed by atoms with van der Waals surface area (Å²) in [6, 6.07) is -0.246. The summed E-state index contributed by atoms with van der Waals surface area (Å²) in [5.41, 5.74) is 0. The van der Waals surface area contributed by atoms with E-state index in [9.17, 15) is 8.42 Å². The molecule has 1 unspecified atom stereocenters. The zero-order chi connectivity index (χ0) is 9.90. The van der Waals surface area contributed by atoms with Crippen molar-refractivity contribution in [1.82, 2.24) is 5.32 Å². The summed E-state index contributed by atoms with van der Waals surface area (Å²) in [7, 11) is -3.01. The van der Waals surface area contributed by atoms with Crippen molar-refractivity contribution in [1.29, 1.82) is 0 Å². The SMILES string of the molecule is CCOC(=S)NC1C=CS(=O)(=O)C1. The summed E-state index contributed by atoms with van der Waals surface area (Å²) in [4.78, 5) is 0. The Morgan fingerprint density at radius 1 is 1.77 bits per heavy atom. The first kappa shape index (κ1) is 10.5. The number of hydrogen-bond donors (Lipinski definition) is 1. The second kappa shape index (κ2) is 4.06. The monoisotopic (exact) mass is 221 g/mol. The Kier molecular flexibility index (Phi) is 3.27. The third-order valence-electron chi connectivity index (χ3n) is 1.51. The highest BCUT2D eigenvalue weighted by Crippen LogP contribution is 2.07. The van der Waals surface area contributed by atoms with Gasteiger partial charge in [0, 0.05) is 5.41 Å². The van der Waals surface area contributed by atoms with Gasteiger partial charge in [-0.15, -0.1) is 0 Å². The van der Waals surface area contributed by atoms with E-state index in [4.69, 9.17) is 17.0 Å². The maximum Gasteiger partial charge on any atom is 0.257 e. The molecule has 0 aromatic heterocycles. The molecule has 1 heterocycles. The van der Waals surface area contributed by atoms with Crippen LogP contribution in [0, 0.1) is 0 Å². The van der Waals surface area contributed by atoms with Gasteiger partial charge in [0.25, 0.3) is 5.17 Å². The molecule has 1 N–H and O–H groups in total. The first-order chi connectivity index (χ1) is 6.03. The summed E-state index contributed by atoms with van der Waals surface area (Å²) in [5.74, 6) is 0.0558. The van der Waals surface area contributed by atoms with Crippen molar-refractivity contribution in [2.24, 2.45) is 0 Å². The van der Waals surface area contributed by atoms with Crippen molar-refractivity contribution in [3.8, 4) is 0 Å². The minimum Gasteiger partial charge on any atom is -0.471 e. The van der Waals surface area contributed by atoms with E-state index in [1.807, 2.05) is 6.92 Å². The van der Waals surface area contributed by atoms with Crippen LogP contribution in [0.5, 0.6) is 0 Å². The standard InChI is InChI=1S/C7H11NO3S2/c1-2-11-7(12)8-6-3-4-13(9,10)5-6/h3-4,6H,2,5H2,1H3,(H,8,12). The molecule has 1 rings (SSSR count). The van der Waals surface area contributed by atoms with Gasteiger partial charge in [-0.25, -0.2) is 8.42 Å². The third kappa shape index (κ3) is 3.31. The predicted molar refractivity (Wildman–Crippen MR) is 54.1 cm³/mol. The smallest absolute Gasteiger partial charge is 0.257 e. The quantitative estimate of drug-likeness (QED) is 0.675. The van der Waals surface area contributed by atoms with Gasteiger partial charge in [-0.3, -0.25) is 0 Å². The Bertz CT molecular complexity index is 321. The lowest BCUT2D eigenvalue weighted by molar-refractivity contribution is 0.318. The third-order valence-corrected chi connectivity index (χ3v) is 3.14. The van der Waals surface area contributed by atoms with Gasteiger partial charge in [0.1, 0.15) is 0 Å². The van der Waals surface area contributed by atoms with Gasteiger partial charge in [0.2, 0.25) is 0 Å². The molecule has 6 heteroatoms. The summed E-state index contributed by atoms with van der Waals surface area (Å²) in [6.45, 7) is 2.30. The van der Waals surface area contributed by atoms with Gasteiger partial charge in [-0.2, -0.15) is 0 Å². The second-order valence-electron chi connectivity index (χ2n) is 2.63. The minimum atomic E-state index is -3.01. The first-order valence-corrected chi connectivity index (χ1v) is 6.00. The lowest BCUT2D eigenvalue weighted by atomic mass is 10.3.